The Kier molecular flexibility index (Phi) is 3.42. The number of carbonyl (C=O) groups excluding carboxylic acids is 1. The van der Waals surface area contributed by atoms with Gasteiger partial charge in [0.1, 0.15) is 5.75 Å². The summed E-state index contributed by atoms with van der Waals surface area (Å²) in [7, 11) is 0. The van der Waals surface area contributed by atoms with Gasteiger partial charge in [-0.25, -0.2) is 0 Å². The number of non-ortho nitro benzene ring substituents is 1. The van der Waals surface area contributed by atoms with Crippen LogP contribution in [0.3, 0.4) is 0 Å². The highest BCUT2D eigenvalue weighted by molar-refractivity contribution is 5.98. The summed E-state index contributed by atoms with van der Waals surface area (Å²) in [6, 6.07) is 4.22. The van der Waals surface area contributed by atoms with Crippen LogP contribution in [0.2, 0.25) is 0 Å². The van der Waals surface area contributed by atoms with Gasteiger partial charge in [-0.2, -0.15) is 0 Å². The van der Waals surface area contributed by atoms with E-state index in [-0.39, 0.29) is 18.2 Å². The molecule has 7 heteroatoms. The third-order valence-corrected chi connectivity index (χ3v) is 2.68. The minimum absolute atomic E-state index is 0.0462. The molecular weight excluding hydrogens is 238 g/mol. The maximum absolute atomic E-state index is 11.7. The summed E-state index contributed by atoms with van der Waals surface area (Å²) in [6.07, 6.45) is 0.633. The number of fused-ring (bicyclic) bond motifs is 1. The standard InChI is InChI=1S/C11H13N3O4/c12-4-1-5-13-9-6-8(14(16)17)2-3-10(9)18-7-11(13)15/h2-3,6H,1,4-5,7,12H2. The molecule has 0 spiro atoms. The highest BCUT2D eigenvalue weighted by Gasteiger charge is 2.26. The molecule has 0 aliphatic carbocycles. The highest BCUT2D eigenvalue weighted by atomic mass is 16.6. The van der Waals surface area contributed by atoms with Crippen LogP contribution in [0.15, 0.2) is 18.2 Å². The third kappa shape index (κ3) is 2.25. The summed E-state index contributed by atoms with van der Waals surface area (Å²) in [5.41, 5.74) is 5.79. The van der Waals surface area contributed by atoms with Gasteiger partial charge < -0.3 is 15.4 Å². The van der Waals surface area contributed by atoms with Crippen molar-refractivity contribution in [1.29, 1.82) is 0 Å². The maximum Gasteiger partial charge on any atom is 0.271 e. The number of amides is 1. The lowest BCUT2D eigenvalue weighted by Crippen LogP contribution is -2.40. The van der Waals surface area contributed by atoms with E-state index in [0.717, 1.165) is 0 Å². The Balaban J connectivity index is 2.36. The third-order valence-electron chi connectivity index (χ3n) is 2.68. The highest BCUT2D eigenvalue weighted by Crippen LogP contribution is 2.35. The molecule has 0 fully saturated rings. The normalized spacial score (nSPS) is 14.1. The number of benzene rings is 1. The molecule has 2 N–H and O–H groups in total. The minimum atomic E-state index is -0.500. The van der Waals surface area contributed by atoms with Crippen molar-refractivity contribution >= 4 is 17.3 Å². The molecule has 1 aromatic carbocycles. The van der Waals surface area contributed by atoms with E-state index in [2.05, 4.69) is 0 Å². The van der Waals surface area contributed by atoms with E-state index in [1.807, 2.05) is 0 Å². The zero-order valence-corrected chi connectivity index (χ0v) is 9.67. The first-order valence-electron chi connectivity index (χ1n) is 5.55. The SMILES string of the molecule is NCCCN1C(=O)COc2ccc([N+](=O)[O-])cc21. The molecule has 18 heavy (non-hydrogen) atoms. The van der Waals surface area contributed by atoms with Gasteiger partial charge in [0.15, 0.2) is 6.61 Å². The maximum atomic E-state index is 11.7. The van der Waals surface area contributed by atoms with E-state index in [9.17, 15) is 14.9 Å². The van der Waals surface area contributed by atoms with E-state index < -0.39 is 4.92 Å². The van der Waals surface area contributed by atoms with E-state index in [1.54, 1.807) is 0 Å². The zero-order chi connectivity index (χ0) is 13.1. The lowest BCUT2D eigenvalue weighted by molar-refractivity contribution is -0.384. The molecule has 1 aliphatic rings. The Morgan fingerprint density at radius 1 is 1.50 bits per heavy atom. The predicted octanol–water partition coefficient (Wildman–Crippen LogP) is 0.669. The van der Waals surface area contributed by atoms with Crippen LogP contribution in [0, 0.1) is 10.1 Å². The molecule has 1 amide bonds. The Bertz CT molecular complexity index is 489. The number of nitro groups is 1. The average molecular weight is 251 g/mol. The van der Waals surface area contributed by atoms with Gasteiger partial charge in [-0.05, 0) is 19.0 Å². The van der Waals surface area contributed by atoms with Crippen molar-refractivity contribution in [2.45, 2.75) is 6.42 Å². The van der Waals surface area contributed by atoms with E-state index in [1.165, 1.54) is 23.1 Å². The van der Waals surface area contributed by atoms with Crippen molar-refractivity contribution in [3.63, 3.8) is 0 Å². The molecule has 0 radical (unpaired) electrons. The Hall–Kier alpha value is -2.15. The second-order valence-electron chi connectivity index (χ2n) is 3.89. The lowest BCUT2D eigenvalue weighted by atomic mass is 10.2. The summed E-state index contributed by atoms with van der Waals surface area (Å²) in [5.74, 6) is 0.272. The Morgan fingerprint density at radius 2 is 2.28 bits per heavy atom. The van der Waals surface area contributed by atoms with Crippen molar-refractivity contribution in [1.82, 2.24) is 0 Å². The van der Waals surface area contributed by atoms with Crippen LogP contribution in [-0.4, -0.2) is 30.5 Å². The van der Waals surface area contributed by atoms with Gasteiger partial charge in [-0.1, -0.05) is 0 Å². The molecule has 0 bridgehead atoms. The first-order valence-corrected chi connectivity index (χ1v) is 5.55. The zero-order valence-electron chi connectivity index (χ0n) is 9.67. The Morgan fingerprint density at radius 3 is 2.94 bits per heavy atom. The van der Waals surface area contributed by atoms with Gasteiger partial charge in [0.2, 0.25) is 0 Å². The van der Waals surface area contributed by atoms with Crippen molar-refractivity contribution in [2.75, 3.05) is 24.6 Å². The average Bonchev–Trinajstić information content (AvgIpc) is 2.37. The number of hydrogen-bond acceptors (Lipinski definition) is 5. The molecule has 96 valence electrons. The number of carbonyl (C=O) groups is 1. The van der Waals surface area contributed by atoms with E-state index in [0.29, 0.717) is 30.9 Å². The minimum Gasteiger partial charge on any atom is -0.482 e. The van der Waals surface area contributed by atoms with Gasteiger partial charge in [0.05, 0.1) is 10.6 Å². The summed E-state index contributed by atoms with van der Waals surface area (Å²) < 4.78 is 5.24. The van der Waals surface area contributed by atoms with E-state index >= 15 is 0 Å². The van der Waals surface area contributed by atoms with Crippen molar-refractivity contribution in [3.8, 4) is 5.75 Å². The molecule has 0 unspecified atom stereocenters. The first-order chi connectivity index (χ1) is 8.63. The topological polar surface area (TPSA) is 98.7 Å². The van der Waals surface area contributed by atoms with Gasteiger partial charge in [-0.15, -0.1) is 0 Å². The Labute approximate surface area is 103 Å². The number of nitro benzene ring substituents is 1. The second kappa shape index (κ2) is 5.01. The monoisotopic (exact) mass is 251 g/mol. The van der Waals surface area contributed by atoms with Gasteiger partial charge in [-0.3, -0.25) is 14.9 Å². The van der Waals surface area contributed by atoms with Crippen LogP contribution >= 0.6 is 0 Å². The van der Waals surface area contributed by atoms with E-state index in [4.69, 9.17) is 10.5 Å². The number of ether oxygens (including phenoxy) is 1. The summed E-state index contributed by atoms with van der Waals surface area (Å²) in [4.78, 5) is 23.4. The molecule has 7 nitrogen and oxygen atoms in total. The van der Waals surface area contributed by atoms with Gasteiger partial charge in [0.25, 0.3) is 11.6 Å². The van der Waals surface area contributed by atoms with Gasteiger partial charge in [0, 0.05) is 18.7 Å². The summed E-state index contributed by atoms with van der Waals surface area (Å²) in [5, 5.41) is 10.7. The number of hydrogen-bond donors (Lipinski definition) is 1. The van der Waals surface area contributed by atoms with Crippen LogP contribution in [0.5, 0.6) is 5.75 Å². The molecular formula is C11H13N3O4. The van der Waals surface area contributed by atoms with Crippen LogP contribution < -0.4 is 15.4 Å². The quantitative estimate of drug-likeness (QED) is 0.626. The van der Waals surface area contributed by atoms with Crippen LogP contribution in [0.1, 0.15) is 6.42 Å². The molecule has 0 aromatic heterocycles. The fourth-order valence-corrected chi connectivity index (χ4v) is 1.80. The summed E-state index contributed by atoms with van der Waals surface area (Å²) >= 11 is 0. The molecule has 0 atom stereocenters. The fraction of sp³-hybridized carbons (Fsp3) is 0.364. The number of anilines is 1. The first kappa shape index (κ1) is 12.3. The molecule has 1 heterocycles. The van der Waals surface area contributed by atoms with Crippen molar-refractivity contribution < 1.29 is 14.5 Å². The molecule has 1 aliphatic heterocycles. The van der Waals surface area contributed by atoms with Crippen molar-refractivity contribution in [3.05, 3.63) is 28.3 Å². The number of nitrogens with two attached hydrogens (primary N) is 1. The van der Waals surface area contributed by atoms with Crippen LogP contribution in [-0.2, 0) is 4.79 Å². The summed E-state index contributed by atoms with van der Waals surface area (Å²) in [6.45, 7) is 0.844. The fourth-order valence-electron chi connectivity index (χ4n) is 1.80. The molecule has 1 aromatic rings. The van der Waals surface area contributed by atoms with Crippen LogP contribution in [0.25, 0.3) is 0 Å². The lowest BCUT2D eigenvalue weighted by Gasteiger charge is -2.28. The van der Waals surface area contributed by atoms with Crippen molar-refractivity contribution in [2.24, 2.45) is 5.73 Å². The smallest absolute Gasteiger partial charge is 0.271 e. The molecule has 2 rings (SSSR count). The molecule has 0 saturated heterocycles. The number of nitrogens with zero attached hydrogens (tertiary/aromatic N) is 2. The second-order valence-corrected chi connectivity index (χ2v) is 3.89. The number of rotatable bonds is 4. The largest absolute Gasteiger partial charge is 0.482 e. The molecule has 0 saturated carbocycles. The van der Waals surface area contributed by atoms with Gasteiger partial charge >= 0.3 is 0 Å². The van der Waals surface area contributed by atoms with Crippen LogP contribution in [0.4, 0.5) is 11.4 Å². The predicted molar refractivity (Wildman–Crippen MR) is 64.6 cm³/mol.